The van der Waals surface area contributed by atoms with Crippen molar-refractivity contribution in [3.05, 3.63) is 29.3 Å². The van der Waals surface area contributed by atoms with Gasteiger partial charge >= 0.3 is 5.97 Å². The van der Waals surface area contributed by atoms with Gasteiger partial charge in [0.1, 0.15) is 5.75 Å². The van der Waals surface area contributed by atoms with Crippen molar-refractivity contribution in [3.8, 4) is 5.75 Å². The van der Waals surface area contributed by atoms with E-state index in [1.807, 2.05) is 32.0 Å². The van der Waals surface area contributed by atoms with Crippen LogP contribution in [0.5, 0.6) is 5.75 Å². The fourth-order valence-corrected chi connectivity index (χ4v) is 1.26. The van der Waals surface area contributed by atoms with Gasteiger partial charge in [0.15, 0.2) is 6.10 Å². The Morgan fingerprint density at radius 1 is 1.33 bits per heavy atom. The molecule has 3 heteroatoms. The van der Waals surface area contributed by atoms with Crippen LogP contribution >= 0.6 is 0 Å². The Balaban J connectivity index is 2.81. The average Bonchev–Trinajstić information content (AvgIpc) is 2.23. The molecule has 0 unspecified atom stereocenters. The highest BCUT2D eigenvalue weighted by atomic mass is 16.6. The molecule has 0 aliphatic rings. The SMILES string of the molecule is COC(=O)[C@H](C)Oc1cccc(C)c1C. The normalized spacial score (nSPS) is 12.0. The molecule has 0 radical (unpaired) electrons. The maximum Gasteiger partial charge on any atom is 0.346 e. The molecule has 0 bridgehead atoms. The topological polar surface area (TPSA) is 35.5 Å². The van der Waals surface area contributed by atoms with Crippen molar-refractivity contribution in [1.82, 2.24) is 0 Å². The second-order valence-electron chi connectivity index (χ2n) is 3.48. The molecule has 15 heavy (non-hydrogen) atoms. The number of carbonyl (C=O) groups is 1. The Bertz CT molecular complexity index is 358. The Hall–Kier alpha value is -1.51. The van der Waals surface area contributed by atoms with E-state index >= 15 is 0 Å². The van der Waals surface area contributed by atoms with Crippen molar-refractivity contribution in [2.45, 2.75) is 26.9 Å². The lowest BCUT2D eigenvalue weighted by Crippen LogP contribution is -2.25. The minimum Gasteiger partial charge on any atom is -0.479 e. The van der Waals surface area contributed by atoms with Gasteiger partial charge in [-0.05, 0) is 38.0 Å². The van der Waals surface area contributed by atoms with Crippen LogP contribution in [-0.4, -0.2) is 19.2 Å². The lowest BCUT2D eigenvalue weighted by Gasteiger charge is -2.15. The summed E-state index contributed by atoms with van der Waals surface area (Å²) in [6, 6.07) is 5.76. The summed E-state index contributed by atoms with van der Waals surface area (Å²) < 4.78 is 10.1. The number of aryl methyl sites for hydroxylation is 1. The number of ether oxygens (including phenoxy) is 2. The van der Waals surface area contributed by atoms with Gasteiger partial charge in [-0.15, -0.1) is 0 Å². The van der Waals surface area contributed by atoms with E-state index < -0.39 is 6.10 Å². The number of methoxy groups -OCH3 is 1. The first-order valence-electron chi connectivity index (χ1n) is 4.87. The molecule has 0 aromatic heterocycles. The maximum absolute atomic E-state index is 11.2. The van der Waals surface area contributed by atoms with Crippen LogP contribution < -0.4 is 4.74 Å². The summed E-state index contributed by atoms with van der Waals surface area (Å²) in [5, 5.41) is 0. The average molecular weight is 208 g/mol. The fraction of sp³-hybridized carbons (Fsp3) is 0.417. The first-order chi connectivity index (χ1) is 7.06. The lowest BCUT2D eigenvalue weighted by atomic mass is 10.1. The largest absolute Gasteiger partial charge is 0.479 e. The zero-order valence-corrected chi connectivity index (χ0v) is 9.53. The fourth-order valence-electron chi connectivity index (χ4n) is 1.26. The van der Waals surface area contributed by atoms with E-state index in [1.165, 1.54) is 7.11 Å². The van der Waals surface area contributed by atoms with Gasteiger partial charge in [0, 0.05) is 0 Å². The van der Waals surface area contributed by atoms with E-state index in [-0.39, 0.29) is 5.97 Å². The summed E-state index contributed by atoms with van der Waals surface area (Å²) in [5.74, 6) is 0.365. The summed E-state index contributed by atoms with van der Waals surface area (Å²) in [4.78, 5) is 11.2. The van der Waals surface area contributed by atoms with Crippen molar-refractivity contribution in [2.75, 3.05) is 7.11 Å². The van der Waals surface area contributed by atoms with Gasteiger partial charge in [-0.1, -0.05) is 12.1 Å². The summed E-state index contributed by atoms with van der Waals surface area (Å²) in [6.45, 7) is 5.65. The highest BCUT2D eigenvalue weighted by Crippen LogP contribution is 2.21. The minimum atomic E-state index is -0.574. The Kier molecular flexibility index (Phi) is 3.72. The Morgan fingerprint density at radius 2 is 2.00 bits per heavy atom. The van der Waals surface area contributed by atoms with Crippen LogP contribution in [-0.2, 0) is 9.53 Å². The quantitative estimate of drug-likeness (QED) is 0.715. The molecule has 0 amide bonds. The molecule has 0 saturated carbocycles. The van der Waals surface area contributed by atoms with E-state index in [0.29, 0.717) is 0 Å². The first-order valence-corrected chi connectivity index (χ1v) is 4.87. The zero-order valence-electron chi connectivity index (χ0n) is 9.53. The second kappa shape index (κ2) is 4.82. The second-order valence-corrected chi connectivity index (χ2v) is 3.48. The summed E-state index contributed by atoms with van der Waals surface area (Å²) in [6.07, 6.45) is -0.574. The molecule has 1 atom stereocenters. The van der Waals surface area contributed by atoms with Crippen molar-refractivity contribution < 1.29 is 14.3 Å². The summed E-state index contributed by atoms with van der Waals surface area (Å²) >= 11 is 0. The molecule has 3 nitrogen and oxygen atoms in total. The van der Waals surface area contributed by atoms with Crippen molar-refractivity contribution in [2.24, 2.45) is 0 Å². The molecule has 82 valence electrons. The van der Waals surface area contributed by atoms with E-state index in [2.05, 4.69) is 4.74 Å². The third-order valence-electron chi connectivity index (χ3n) is 2.39. The standard InChI is InChI=1S/C12H16O3/c1-8-6-5-7-11(9(8)2)15-10(3)12(13)14-4/h5-7,10H,1-4H3/t10-/m0/s1. The minimum absolute atomic E-state index is 0.365. The van der Waals surface area contributed by atoms with Gasteiger partial charge in [0.05, 0.1) is 7.11 Å². The molecular weight excluding hydrogens is 192 g/mol. The van der Waals surface area contributed by atoms with Crippen molar-refractivity contribution in [1.29, 1.82) is 0 Å². The predicted octanol–water partition coefficient (Wildman–Crippen LogP) is 2.24. The maximum atomic E-state index is 11.2. The molecule has 1 aromatic rings. The Labute approximate surface area is 90.0 Å². The molecule has 0 spiro atoms. The molecule has 0 heterocycles. The molecule has 1 rings (SSSR count). The van der Waals surface area contributed by atoms with Crippen LogP contribution in [0.1, 0.15) is 18.1 Å². The van der Waals surface area contributed by atoms with Gasteiger partial charge in [-0.2, -0.15) is 0 Å². The van der Waals surface area contributed by atoms with E-state index in [9.17, 15) is 4.79 Å². The predicted molar refractivity (Wildman–Crippen MR) is 58.0 cm³/mol. The van der Waals surface area contributed by atoms with Gasteiger partial charge in [0.25, 0.3) is 0 Å². The number of benzene rings is 1. The highest BCUT2D eigenvalue weighted by Gasteiger charge is 2.15. The van der Waals surface area contributed by atoms with E-state index in [0.717, 1.165) is 16.9 Å². The van der Waals surface area contributed by atoms with Crippen LogP contribution in [0.4, 0.5) is 0 Å². The molecule has 0 aliphatic carbocycles. The van der Waals surface area contributed by atoms with Crippen LogP contribution in [0.25, 0.3) is 0 Å². The van der Waals surface area contributed by atoms with Crippen molar-refractivity contribution in [3.63, 3.8) is 0 Å². The number of hydrogen-bond donors (Lipinski definition) is 0. The van der Waals surface area contributed by atoms with Crippen LogP contribution in [0.3, 0.4) is 0 Å². The first kappa shape index (κ1) is 11.6. The van der Waals surface area contributed by atoms with Crippen LogP contribution in [0.15, 0.2) is 18.2 Å². The third kappa shape index (κ3) is 2.72. The molecule has 1 aromatic carbocycles. The zero-order chi connectivity index (χ0) is 11.4. The molecule has 0 fully saturated rings. The number of rotatable bonds is 3. The van der Waals surface area contributed by atoms with Gasteiger partial charge in [-0.3, -0.25) is 0 Å². The smallest absolute Gasteiger partial charge is 0.346 e. The third-order valence-corrected chi connectivity index (χ3v) is 2.39. The lowest BCUT2D eigenvalue weighted by molar-refractivity contribution is -0.147. The summed E-state index contributed by atoms with van der Waals surface area (Å²) in [5.41, 5.74) is 2.19. The highest BCUT2D eigenvalue weighted by molar-refractivity contribution is 5.74. The number of carbonyl (C=O) groups excluding carboxylic acids is 1. The van der Waals surface area contributed by atoms with E-state index in [1.54, 1.807) is 6.92 Å². The molecule has 0 N–H and O–H groups in total. The molecule has 0 saturated heterocycles. The number of hydrogen-bond acceptors (Lipinski definition) is 3. The van der Waals surface area contributed by atoms with Gasteiger partial charge in [-0.25, -0.2) is 4.79 Å². The van der Waals surface area contributed by atoms with Gasteiger partial charge < -0.3 is 9.47 Å². The monoisotopic (exact) mass is 208 g/mol. The number of esters is 1. The van der Waals surface area contributed by atoms with Crippen LogP contribution in [0, 0.1) is 13.8 Å². The summed E-state index contributed by atoms with van der Waals surface area (Å²) in [7, 11) is 1.35. The van der Waals surface area contributed by atoms with Crippen molar-refractivity contribution >= 4 is 5.97 Å². The van der Waals surface area contributed by atoms with Crippen LogP contribution in [0.2, 0.25) is 0 Å². The molecular formula is C12H16O3. The molecule has 0 aliphatic heterocycles. The Morgan fingerprint density at radius 3 is 2.60 bits per heavy atom. The van der Waals surface area contributed by atoms with E-state index in [4.69, 9.17) is 4.74 Å². The van der Waals surface area contributed by atoms with Gasteiger partial charge in [0.2, 0.25) is 0 Å².